The minimum absolute atomic E-state index is 0.0287. The number of nitrogens with zero attached hydrogens (tertiary/aromatic N) is 3. The third kappa shape index (κ3) is 3.06. The Bertz CT molecular complexity index is 996. The van der Waals surface area contributed by atoms with Gasteiger partial charge in [-0.3, -0.25) is 15.2 Å². The Balaban J connectivity index is 2.07. The summed E-state index contributed by atoms with van der Waals surface area (Å²) < 4.78 is 27.9. The van der Waals surface area contributed by atoms with Crippen molar-refractivity contribution in [2.45, 2.75) is 23.8 Å². The van der Waals surface area contributed by atoms with Crippen molar-refractivity contribution in [3.63, 3.8) is 0 Å². The van der Waals surface area contributed by atoms with Crippen LogP contribution in [0.5, 0.6) is 0 Å². The maximum Gasteiger partial charge on any atom is 0.243 e. The summed E-state index contributed by atoms with van der Waals surface area (Å²) in [5, 5.41) is 8.51. The van der Waals surface area contributed by atoms with Gasteiger partial charge in [-0.1, -0.05) is 6.07 Å². The maximum absolute atomic E-state index is 12.9. The third-order valence-electron chi connectivity index (χ3n) is 4.27. The van der Waals surface area contributed by atoms with E-state index < -0.39 is 22.0 Å². The topological polar surface area (TPSA) is 146 Å². The second-order valence-corrected chi connectivity index (χ2v) is 8.11. The molecule has 1 saturated heterocycles. The summed E-state index contributed by atoms with van der Waals surface area (Å²) in [4.78, 5) is 15.6. The Morgan fingerprint density at radius 3 is 2.73 bits per heavy atom. The van der Waals surface area contributed by atoms with Gasteiger partial charge in [-0.05, 0) is 25.0 Å². The van der Waals surface area contributed by atoms with Crippen molar-refractivity contribution in [1.29, 1.82) is 5.41 Å². The van der Waals surface area contributed by atoms with E-state index in [1.165, 1.54) is 24.5 Å². The minimum atomic E-state index is -3.88. The number of rotatable bonds is 4. The van der Waals surface area contributed by atoms with Crippen molar-refractivity contribution in [2.75, 3.05) is 11.0 Å². The van der Waals surface area contributed by atoms with Crippen LogP contribution in [0.3, 0.4) is 0 Å². The van der Waals surface area contributed by atoms with Crippen molar-refractivity contribution in [3.05, 3.63) is 30.6 Å². The first-order chi connectivity index (χ1) is 12.2. The van der Waals surface area contributed by atoms with Crippen LogP contribution in [-0.4, -0.2) is 42.2 Å². The zero-order valence-corrected chi connectivity index (χ0v) is 15.2. The molecule has 0 saturated carbocycles. The summed E-state index contributed by atoms with van der Waals surface area (Å²) in [6, 6.07) is 3.59. The number of fused-ring (bicyclic) bond motifs is 1. The first-order valence-corrected chi connectivity index (χ1v) is 9.50. The fourth-order valence-electron chi connectivity index (χ4n) is 3.03. The molecule has 1 fully saturated rings. The van der Waals surface area contributed by atoms with Gasteiger partial charge in [0.25, 0.3) is 0 Å². The van der Waals surface area contributed by atoms with Crippen LogP contribution >= 0.6 is 11.8 Å². The number of nitrogens with one attached hydrogen (secondary N) is 1. The summed E-state index contributed by atoms with van der Waals surface area (Å²) in [5.41, 5.74) is 11.1. The summed E-state index contributed by atoms with van der Waals surface area (Å²) in [6.07, 6.45) is 3.90. The first-order valence-electron chi connectivity index (χ1n) is 7.72. The lowest BCUT2D eigenvalue weighted by Crippen LogP contribution is -2.43. The number of carbonyl (C=O) groups is 1. The van der Waals surface area contributed by atoms with Crippen LogP contribution in [0.1, 0.15) is 12.8 Å². The van der Waals surface area contributed by atoms with Gasteiger partial charge >= 0.3 is 0 Å². The first kappa shape index (κ1) is 18.4. The quantitative estimate of drug-likeness (QED) is 0.394. The fraction of sp³-hybridized carbons (Fsp3) is 0.267. The van der Waals surface area contributed by atoms with Crippen molar-refractivity contribution >= 4 is 50.1 Å². The predicted molar refractivity (Wildman–Crippen MR) is 98.1 cm³/mol. The molecule has 1 amide bonds. The highest BCUT2D eigenvalue weighted by molar-refractivity contribution is 7.89. The number of anilines is 1. The van der Waals surface area contributed by atoms with Crippen molar-refractivity contribution in [3.8, 4) is 0 Å². The Morgan fingerprint density at radius 2 is 2.08 bits per heavy atom. The van der Waals surface area contributed by atoms with Gasteiger partial charge in [0.15, 0.2) is 0 Å². The van der Waals surface area contributed by atoms with E-state index in [-0.39, 0.29) is 17.4 Å². The summed E-state index contributed by atoms with van der Waals surface area (Å²) >= 11 is 5.97. The minimum Gasteiger partial charge on any atom is -0.369 e. The highest BCUT2D eigenvalue weighted by Gasteiger charge is 2.38. The van der Waals surface area contributed by atoms with Crippen LogP contribution in [0.15, 0.2) is 35.5 Å². The van der Waals surface area contributed by atoms with E-state index in [1.807, 2.05) is 0 Å². The highest BCUT2D eigenvalue weighted by atomic mass is 35.5. The van der Waals surface area contributed by atoms with E-state index in [0.29, 0.717) is 29.3 Å². The molecule has 0 aliphatic carbocycles. The number of hydrogen-bond donors (Lipinski definition) is 3. The van der Waals surface area contributed by atoms with E-state index in [0.717, 1.165) is 8.72 Å². The van der Waals surface area contributed by atoms with Crippen LogP contribution in [-0.2, 0) is 14.8 Å². The second-order valence-electron chi connectivity index (χ2n) is 5.88. The number of amides is 1. The number of benzene rings is 1. The van der Waals surface area contributed by atoms with Gasteiger partial charge in [0.05, 0.1) is 16.8 Å². The summed E-state index contributed by atoms with van der Waals surface area (Å²) in [7, 11) is -3.88. The van der Waals surface area contributed by atoms with Crippen LogP contribution < -0.4 is 15.9 Å². The predicted octanol–water partition coefficient (Wildman–Crippen LogP) is 0.727. The number of primary amides is 1. The standard InChI is InChI=1S/C15H17ClN6O3S/c16-22(15(18)19)13-8-20-7-9-6-10(3-4-11(9)13)26(24,25)21-5-1-2-12(21)14(17)23/h3-4,6-8,12H,1-2,5H2,(H2,17,23)(H3,18,19)/t12-/m1/s1. The lowest BCUT2D eigenvalue weighted by molar-refractivity contribution is -0.121. The van der Waals surface area contributed by atoms with Gasteiger partial charge < -0.3 is 11.5 Å². The van der Waals surface area contributed by atoms with Gasteiger partial charge in [0.1, 0.15) is 6.04 Å². The molecule has 26 heavy (non-hydrogen) atoms. The van der Waals surface area contributed by atoms with E-state index >= 15 is 0 Å². The largest absolute Gasteiger partial charge is 0.369 e. The molecule has 1 atom stereocenters. The second kappa shape index (κ2) is 6.71. The van der Waals surface area contributed by atoms with Gasteiger partial charge in [-0.15, -0.1) is 0 Å². The lowest BCUT2D eigenvalue weighted by Gasteiger charge is -2.22. The molecule has 2 heterocycles. The monoisotopic (exact) mass is 396 g/mol. The van der Waals surface area contributed by atoms with Gasteiger partial charge in [0, 0.05) is 35.3 Å². The molecule has 0 radical (unpaired) electrons. The van der Waals surface area contributed by atoms with Gasteiger partial charge in [0.2, 0.25) is 21.9 Å². The molecule has 1 aromatic carbocycles. The third-order valence-corrected chi connectivity index (χ3v) is 6.54. The normalized spacial score (nSPS) is 18.1. The van der Waals surface area contributed by atoms with E-state index in [2.05, 4.69) is 4.98 Å². The zero-order chi connectivity index (χ0) is 19.1. The smallest absolute Gasteiger partial charge is 0.243 e. The molecule has 0 bridgehead atoms. The van der Waals surface area contributed by atoms with E-state index in [9.17, 15) is 13.2 Å². The lowest BCUT2D eigenvalue weighted by atomic mass is 10.1. The zero-order valence-electron chi connectivity index (χ0n) is 13.6. The molecule has 11 heteroatoms. The number of pyridine rings is 1. The number of hydrogen-bond acceptors (Lipinski definition) is 5. The molecule has 1 aliphatic heterocycles. The number of nitrogens with two attached hydrogens (primary N) is 2. The van der Waals surface area contributed by atoms with Crippen LogP contribution in [0.25, 0.3) is 10.8 Å². The average Bonchev–Trinajstić information content (AvgIpc) is 3.11. The average molecular weight is 397 g/mol. The number of sulfonamides is 1. The molecular formula is C15H17ClN6O3S. The molecule has 0 unspecified atom stereocenters. The molecule has 3 rings (SSSR count). The van der Waals surface area contributed by atoms with Crippen molar-refractivity contribution < 1.29 is 13.2 Å². The molecule has 5 N–H and O–H groups in total. The van der Waals surface area contributed by atoms with Crippen LogP contribution in [0.2, 0.25) is 0 Å². The SMILES string of the molecule is N=C(N)N(Cl)c1cncc2cc(S(=O)(=O)N3CCC[C@@H]3C(N)=O)ccc12. The van der Waals surface area contributed by atoms with Crippen LogP contribution in [0, 0.1) is 5.41 Å². The maximum atomic E-state index is 12.9. The number of halogens is 1. The number of carbonyl (C=O) groups excluding carboxylic acids is 1. The van der Waals surface area contributed by atoms with Crippen molar-refractivity contribution in [1.82, 2.24) is 9.29 Å². The Morgan fingerprint density at radius 1 is 1.35 bits per heavy atom. The molecular weight excluding hydrogens is 380 g/mol. The Labute approximate surface area is 155 Å². The molecule has 1 aliphatic rings. The Hall–Kier alpha value is -2.43. The van der Waals surface area contributed by atoms with Gasteiger partial charge in [-0.25, -0.2) is 12.8 Å². The molecule has 138 valence electrons. The molecule has 2 aromatic rings. The van der Waals surface area contributed by atoms with E-state index in [4.69, 9.17) is 28.7 Å². The van der Waals surface area contributed by atoms with Crippen LogP contribution in [0.4, 0.5) is 5.69 Å². The number of guanidine groups is 1. The van der Waals surface area contributed by atoms with Gasteiger partial charge in [-0.2, -0.15) is 4.31 Å². The number of aromatic nitrogens is 1. The Kier molecular flexibility index (Phi) is 4.74. The van der Waals surface area contributed by atoms with E-state index in [1.54, 1.807) is 6.07 Å². The highest BCUT2D eigenvalue weighted by Crippen LogP contribution is 2.31. The summed E-state index contributed by atoms with van der Waals surface area (Å²) in [6.45, 7) is 0.242. The molecule has 0 spiro atoms. The molecule has 1 aromatic heterocycles. The fourth-order valence-corrected chi connectivity index (χ4v) is 4.87. The summed E-state index contributed by atoms with van der Waals surface area (Å²) in [5.74, 6) is -1.05. The van der Waals surface area contributed by atoms with Crippen molar-refractivity contribution in [2.24, 2.45) is 11.5 Å². The molecule has 9 nitrogen and oxygen atoms in total.